The molecular formula is C62H45N3. The van der Waals surface area contributed by atoms with E-state index in [0.29, 0.717) is 0 Å². The molecular weight excluding hydrogens is 787 g/mol. The van der Waals surface area contributed by atoms with Crippen molar-refractivity contribution in [3.05, 3.63) is 229 Å². The van der Waals surface area contributed by atoms with Gasteiger partial charge in [-0.1, -0.05) is 178 Å². The second-order valence-corrected chi connectivity index (χ2v) is 18.3. The van der Waals surface area contributed by atoms with E-state index in [-0.39, 0.29) is 5.41 Å². The molecule has 0 aliphatic heterocycles. The Morgan fingerprint density at radius 3 is 2.02 bits per heavy atom. The molecule has 0 unspecified atom stereocenters. The molecule has 2 aliphatic carbocycles. The summed E-state index contributed by atoms with van der Waals surface area (Å²) < 4.78 is 4.77. The van der Waals surface area contributed by atoms with Crippen molar-refractivity contribution in [3.63, 3.8) is 0 Å². The van der Waals surface area contributed by atoms with Crippen LogP contribution in [0.25, 0.3) is 105 Å². The van der Waals surface area contributed by atoms with Crippen molar-refractivity contribution in [2.45, 2.75) is 32.1 Å². The zero-order valence-electron chi connectivity index (χ0n) is 36.5. The Morgan fingerprint density at radius 2 is 1.22 bits per heavy atom. The van der Waals surface area contributed by atoms with Crippen molar-refractivity contribution in [1.82, 2.24) is 14.0 Å². The number of allylic oxidation sites excluding steroid dienone is 4. The number of rotatable bonds is 6. The summed E-state index contributed by atoms with van der Waals surface area (Å²) in [6.07, 6.45) is 11.0. The molecule has 0 N–H and O–H groups in total. The number of fused-ring (bicyclic) bond motifs is 8. The van der Waals surface area contributed by atoms with Gasteiger partial charge in [0, 0.05) is 39.4 Å². The van der Waals surface area contributed by atoms with Gasteiger partial charge in [-0.3, -0.25) is 4.40 Å². The van der Waals surface area contributed by atoms with E-state index in [9.17, 15) is 0 Å². The fourth-order valence-corrected chi connectivity index (χ4v) is 11.0. The van der Waals surface area contributed by atoms with Crippen LogP contribution in [0.5, 0.6) is 0 Å². The standard InChI is InChI=1S/C62H45N3/c1-62(2)54-23-13-12-22-50(54)51-34-32-48(38-55(51)62)65-56-37-47-30-29-46-36-45(40-25-27-42(28-26-40)59-61(44-20-10-5-11-21-44)64-35-15-14-24-57(64)63-59)31-33-49(46)52(47)39-53(56)58(41-16-6-3-7-17-41)60(65)43-18-8-4-9-19-43/h3-8,10-18,20-39H,9,19H2,1-2H3. The van der Waals surface area contributed by atoms with Crippen LogP contribution in [0, 0.1) is 0 Å². The van der Waals surface area contributed by atoms with E-state index in [1.54, 1.807) is 0 Å². The molecule has 13 rings (SSSR count). The van der Waals surface area contributed by atoms with Crippen molar-refractivity contribution in [2.75, 3.05) is 0 Å². The third-order valence-electron chi connectivity index (χ3n) is 14.2. The average molecular weight is 832 g/mol. The van der Waals surface area contributed by atoms with Gasteiger partial charge in [-0.25, -0.2) is 4.98 Å². The summed E-state index contributed by atoms with van der Waals surface area (Å²) in [6, 6.07) is 69.4. The van der Waals surface area contributed by atoms with Crippen LogP contribution in [0.3, 0.4) is 0 Å². The van der Waals surface area contributed by atoms with Gasteiger partial charge in [0.1, 0.15) is 5.65 Å². The van der Waals surface area contributed by atoms with Gasteiger partial charge in [0.15, 0.2) is 0 Å². The third kappa shape index (κ3) is 5.85. The van der Waals surface area contributed by atoms with Crippen LogP contribution in [0.1, 0.15) is 43.5 Å². The highest BCUT2D eigenvalue weighted by molar-refractivity contribution is 6.16. The zero-order chi connectivity index (χ0) is 43.2. The molecule has 0 fully saturated rings. The number of hydrogen-bond acceptors (Lipinski definition) is 1. The molecule has 8 aromatic carbocycles. The van der Waals surface area contributed by atoms with E-state index in [1.807, 2.05) is 6.07 Å². The largest absolute Gasteiger partial charge is 0.309 e. The minimum atomic E-state index is -0.104. The lowest BCUT2D eigenvalue weighted by Gasteiger charge is -2.23. The monoisotopic (exact) mass is 831 g/mol. The van der Waals surface area contributed by atoms with E-state index >= 15 is 0 Å². The predicted molar refractivity (Wildman–Crippen MR) is 273 cm³/mol. The molecule has 3 aromatic heterocycles. The van der Waals surface area contributed by atoms with Crippen LogP contribution < -0.4 is 0 Å². The molecule has 0 saturated carbocycles. The smallest absolute Gasteiger partial charge is 0.137 e. The molecule has 2 aliphatic rings. The van der Waals surface area contributed by atoms with Crippen molar-refractivity contribution in [2.24, 2.45) is 0 Å². The molecule has 0 radical (unpaired) electrons. The SMILES string of the molecule is CC1(C)c2ccccc2-c2ccc(-n3c(C4=CC=CCC4)c(-c4ccccc4)c4cc5c(ccc6cc(-c7ccc(-c8nc9ccccn9c8-c8ccccc8)cc7)ccc65)cc43)cc21. The van der Waals surface area contributed by atoms with Gasteiger partial charge in [-0.2, -0.15) is 0 Å². The molecule has 65 heavy (non-hydrogen) atoms. The van der Waals surface area contributed by atoms with Gasteiger partial charge in [-0.15, -0.1) is 0 Å². The number of hydrogen-bond donors (Lipinski definition) is 0. The summed E-state index contributed by atoms with van der Waals surface area (Å²) in [5, 5.41) is 6.26. The molecule has 0 amide bonds. The Balaban J connectivity index is 0.967. The summed E-state index contributed by atoms with van der Waals surface area (Å²) in [4.78, 5) is 5.11. The van der Waals surface area contributed by atoms with E-state index in [1.165, 1.54) is 93.9 Å². The fraction of sp³-hybridized carbons (Fsp3) is 0.0806. The predicted octanol–water partition coefficient (Wildman–Crippen LogP) is 16.3. The number of benzene rings is 8. The quantitative estimate of drug-likeness (QED) is 0.153. The van der Waals surface area contributed by atoms with Crippen molar-refractivity contribution in [1.29, 1.82) is 0 Å². The maximum absolute atomic E-state index is 5.11. The van der Waals surface area contributed by atoms with Gasteiger partial charge in [-0.05, 0) is 121 Å². The summed E-state index contributed by atoms with van der Waals surface area (Å²) >= 11 is 0. The van der Waals surface area contributed by atoms with Gasteiger partial charge in [0.2, 0.25) is 0 Å². The molecule has 308 valence electrons. The Kier molecular flexibility index (Phi) is 8.38. The summed E-state index contributed by atoms with van der Waals surface area (Å²) in [7, 11) is 0. The number of imidazole rings is 1. The summed E-state index contributed by atoms with van der Waals surface area (Å²) in [5.74, 6) is 0. The number of pyridine rings is 1. The number of aromatic nitrogens is 3. The normalized spacial score (nSPS) is 14.0. The Bertz CT molecular complexity index is 3770. The first-order chi connectivity index (χ1) is 32.0. The van der Waals surface area contributed by atoms with E-state index < -0.39 is 0 Å². The van der Waals surface area contributed by atoms with Crippen molar-refractivity contribution < 1.29 is 0 Å². The molecule has 11 aromatic rings. The van der Waals surface area contributed by atoms with Crippen molar-refractivity contribution >= 4 is 43.7 Å². The first-order valence-electron chi connectivity index (χ1n) is 22.8. The minimum Gasteiger partial charge on any atom is -0.309 e. The maximum atomic E-state index is 5.11. The van der Waals surface area contributed by atoms with Gasteiger partial charge < -0.3 is 4.57 Å². The van der Waals surface area contributed by atoms with E-state index in [4.69, 9.17) is 4.98 Å². The van der Waals surface area contributed by atoms with Gasteiger partial charge >= 0.3 is 0 Å². The fourth-order valence-electron chi connectivity index (χ4n) is 11.0. The Morgan fingerprint density at radius 1 is 0.508 bits per heavy atom. The Hall–Kier alpha value is -8.01. The first-order valence-corrected chi connectivity index (χ1v) is 22.8. The molecule has 0 saturated heterocycles. The first kappa shape index (κ1) is 37.5. The summed E-state index contributed by atoms with van der Waals surface area (Å²) in [6.45, 7) is 4.76. The molecule has 0 bridgehead atoms. The van der Waals surface area contributed by atoms with Gasteiger partial charge in [0.05, 0.1) is 22.6 Å². The summed E-state index contributed by atoms with van der Waals surface area (Å²) in [5.41, 5.74) is 20.6. The van der Waals surface area contributed by atoms with Crippen LogP contribution in [0.15, 0.2) is 212 Å². The lowest BCUT2D eigenvalue weighted by atomic mass is 9.82. The molecule has 3 nitrogen and oxygen atoms in total. The van der Waals surface area contributed by atoms with Gasteiger partial charge in [0.25, 0.3) is 0 Å². The second kappa shape index (κ2) is 14.5. The topological polar surface area (TPSA) is 22.2 Å². The highest BCUT2D eigenvalue weighted by Crippen LogP contribution is 2.51. The highest BCUT2D eigenvalue weighted by atomic mass is 15.0. The van der Waals surface area contributed by atoms with E-state index in [0.717, 1.165) is 41.0 Å². The molecule has 0 spiro atoms. The maximum Gasteiger partial charge on any atom is 0.137 e. The molecule has 0 atom stereocenters. The number of nitrogens with zero attached hydrogens (tertiary/aromatic N) is 3. The highest BCUT2D eigenvalue weighted by Gasteiger charge is 2.36. The van der Waals surface area contributed by atoms with Crippen LogP contribution in [0.2, 0.25) is 0 Å². The zero-order valence-corrected chi connectivity index (χ0v) is 36.5. The lowest BCUT2D eigenvalue weighted by Crippen LogP contribution is -2.15. The minimum absolute atomic E-state index is 0.104. The second-order valence-electron chi connectivity index (χ2n) is 18.3. The van der Waals surface area contributed by atoms with Crippen LogP contribution in [0.4, 0.5) is 0 Å². The molecule has 3 heteroatoms. The van der Waals surface area contributed by atoms with Crippen LogP contribution in [-0.4, -0.2) is 14.0 Å². The third-order valence-corrected chi connectivity index (χ3v) is 14.2. The van der Waals surface area contributed by atoms with E-state index in [2.05, 4.69) is 229 Å². The van der Waals surface area contributed by atoms with Crippen LogP contribution >= 0.6 is 0 Å². The van der Waals surface area contributed by atoms with Crippen molar-refractivity contribution in [3.8, 4) is 61.6 Å². The van der Waals surface area contributed by atoms with Crippen LogP contribution in [-0.2, 0) is 5.41 Å². The Labute approximate surface area is 378 Å². The lowest BCUT2D eigenvalue weighted by molar-refractivity contribution is 0.660. The molecule has 3 heterocycles. The average Bonchev–Trinajstić information content (AvgIpc) is 3.99.